The monoisotopic (exact) mass is 311 g/mol. The summed E-state index contributed by atoms with van der Waals surface area (Å²) >= 11 is 5.63. The van der Waals surface area contributed by atoms with Crippen LogP contribution in [0.1, 0.15) is 46.2 Å². The molecule has 0 aromatic heterocycles. The molecule has 2 aromatic carbocycles. The first-order valence-corrected chi connectivity index (χ1v) is 8.20. The molecule has 114 valence electrons. The molecule has 0 amide bonds. The van der Waals surface area contributed by atoms with Crippen molar-refractivity contribution < 1.29 is 5.11 Å². The SMILES string of the molecule is Cc1ccc(C(=S)c2cc3c(c(CN)c2O)CCCC3)cc1. The molecule has 0 saturated heterocycles. The Kier molecular flexibility index (Phi) is 4.27. The minimum Gasteiger partial charge on any atom is -0.507 e. The van der Waals surface area contributed by atoms with E-state index in [2.05, 4.69) is 13.0 Å². The second-order valence-electron chi connectivity index (χ2n) is 6.00. The van der Waals surface area contributed by atoms with Crippen LogP contribution < -0.4 is 5.73 Å². The quantitative estimate of drug-likeness (QED) is 0.669. The molecular formula is C19H21NOS. The summed E-state index contributed by atoms with van der Waals surface area (Å²) in [6, 6.07) is 10.2. The molecule has 0 fully saturated rings. The lowest BCUT2D eigenvalue weighted by Gasteiger charge is -2.22. The van der Waals surface area contributed by atoms with Gasteiger partial charge in [0.2, 0.25) is 0 Å². The smallest absolute Gasteiger partial charge is 0.129 e. The highest BCUT2D eigenvalue weighted by Gasteiger charge is 2.21. The van der Waals surface area contributed by atoms with Crippen molar-refractivity contribution in [3.63, 3.8) is 0 Å². The predicted octanol–water partition coefficient (Wildman–Crippen LogP) is 3.80. The Hall–Kier alpha value is -1.71. The van der Waals surface area contributed by atoms with Crippen molar-refractivity contribution in [3.05, 3.63) is 63.7 Å². The van der Waals surface area contributed by atoms with Crippen LogP contribution in [0.25, 0.3) is 0 Å². The summed E-state index contributed by atoms with van der Waals surface area (Å²) in [4.78, 5) is 0.695. The van der Waals surface area contributed by atoms with Crippen LogP contribution in [0.5, 0.6) is 5.75 Å². The maximum Gasteiger partial charge on any atom is 0.129 e. The van der Waals surface area contributed by atoms with Crippen LogP contribution in [-0.2, 0) is 19.4 Å². The van der Waals surface area contributed by atoms with Gasteiger partial charge in [-0.05, 0) is 55.4 Å². The first-order valence-electron chi connectivity index (χ1n) is 7.80. The van der Waals surface area contributed by atoms with Crippen molar-refractivity contribution in [2.75, 3.05) is 0 Å². The van der Waals surface area contributed by atoms with Gasteiger partial charge in [0.15, 0.2) is 0 Å². The van der Waals surface area contributed by atoms with Crippen LogP contribution >= 0.6 is 12.2 Å². The molecule has 0 bridgehead atoms. The zero-order chi connectivity index (χ0) is 15.7. The predicted molar refractivity (Wildman–Crippen MR) is 94.6 cm³/mol. The molecule has 3 N–H and O–H groups in total. The first-order chi connectivity index (χ1) is 10.6. The lowest BCUT2D eigenvalue weighted by atomic mass is 9.85. The molecular weight excluding hydrogens is 290 g/mol. The maximum atomic E-state index is 10.7. The second kappa shape index (κ2) is 6.19. The molecule has 0 unspecified atom stereocenters. The van der Waals surface area contributed by atoms with Crippen molar-refractivity contribution in [2.45, 2.75) is 39.2 Å². The van der Waals surface area contributed by atoms with Gasteiger partial charge in [-0.3, -0.25) is 0 Å². The van der Waals surface area contributed by atoms with Gasteiger partial charge in [-0.2, -0.15) is 0 Å². The number of hydrogen-bond acceptors (Lipinski definition) is 3. The minimum atomic E-state index is 0.272. The van der Waals surface area contributed by atoms with E-state index in [0.29, 0.717) is 11.4 Å². The largest absolute Gasteiger partial charge is 0.507 e. The molecule has 0 radical (unpaired) electrons. The Morgan fingerprint density at radius 1 is 1.18 bits per heavy atom. The number of nitrogens with two attached hydrogens (primary N) is 1. The third-order valence-electron chi connectivity index (χ3n) is 4.50. The van der Waals surface area contributed by atoms with Crippen LogP contribution in [0.2, 0.25) is 0 Å². The second-order valence-corrected chi connectivity index (χ2v) is 6.40. The number of phenolic OH excluding ortho intramolecular Hbond substituents is 1. The summed E-state index contributed by atoms with van der Waals surface area (Å²) in [5.74, 6) is 0.272. The van der Waals surface area contributed by atoms with Gasteiger partial charge in [-0.15, -0.1) is 0 Å². The van der Waals surface area contributed by atoms with E-state index in [0.717, 1.165) is 29.5 Å². The first kappa shape index (κ1) is 15.2. The fourth-order valence-electron chi connectivity index (χ4n) is 3.23. The van der Waals surface area contributed by atoms with E-state index in [1.54, 1.807) is 0 Å². The molecule has 0 aliphatic heterocycles. The van der Waals surface area contributed by atoms with Gasteiger partial charge in [0.05, 0.1) is 4.86 Å². The maximum absolute atomic E-state index is 10.7. The number of rotatable bonds is 3. The molecule has 3 rings (SSSR count). The Morgan fingerprint density at radius 2 is 1.86 bits per heavy atom. The third-order valence-corrected chi connectivity index (χ3v) is 4.95. The van der Waals surface area contributed by atoms with Crippen molar-refractivity contribution in [1.82, 2.24) is 0 Å². The summed E-state index contributed by atoms with van der Waals surface area (Å²) < 4.78 is 0. The number of phenols is 1. The molecule has 3 heteroatoms. The Morgan fingerprint density at radius 3 is 2.55 bits per heavy atom. The lowest BCUT2D eigenvalue weighted by Crippen LogP contribution is -2.13. The van der Waals surface area contributed by atoms with Gasteiger partial charge in [-0.1, -0.05) is 42.0 Å². The number of fused-ring (bicyclic) bond motifs is 1. The summed E-state index contributed by atoms with van der Waals surface area (Å²) in [5, 5.41) is 10.7. The zero-order valence-corrected chi connectivity index (χ0v) is 13.7. The molecule has 0 heterocycles. The average Bonchev–Trinajstić information content (AvgIpc) is 2.54. The van der Waals surface area contributed by atoms with E-state index in [1.807, 2.05) is 24.3 Å². The summed E-state index contributed by atoms with van der Waals surface area (Å²) in [7, 11) is 0. The van der Waals surface area contributed by atoms with E-state index in [9.17, 15) is 5.11 Å². The van der Waals surface area contributed by atoms with Gasteiger partial charge in [0.1, 0.15) is 5.75 Å². The van der Waals surface area contributed by atoms with Crippen LogP contribution in [0, 0.1) is 6.92 Å². The fraction of sp³-hybridized carbons (Fsp3) is 0.316. The Balaban J connectivity index is 2.10. The standard InChI is InChI=1S/C19H21NOS/c1-12-6-8-13(9-7-12)19(22)16-10-14-4-2-3-5-15(14)17(11-20)18(16)21/h6-10,21H,2-5,11,20H2,1H3. The van der Waals surface area contributed by atoms with E-state index >= 15 is 0 Å². The van der Waals surface area contributed by atoms with Crippen LogP contribution in [0.3, 0.4) is 0 Å². The molecule has 1 aliphatic carbocycles. The number of aryl methyl sites for hydroxylation is 2. The van der Waals surface area contributed by atoms with E-state index in [-0.39, 0.29) is 5.75 Å². The summed E-state index contributed by atoms with van der Waals surface area (Å²) in [6.45, 7) is 2.41. The van der Waals surface area contributed by atoms with Crippen molar-refractivity contribution >= 4 is 17.1 Å². The molecule has 2 aromatic rings. The number of benzene rings is 2. The topological polar surface area (TPSA) is 46.2 Å². The number of hydrogen-bond donors (Lipinski definition) is 2. The molecule has 0 saturated carbocycles. The number of aromatic hydroxyl groups is 1. The molecule has 1 aliphatic rings. The Bertz CT molecular complexity index is 719. The minimum absolute atomic E-state index is 0.272. The molecule has 0 spiro atoms. The van der Waals surface area contributed by atoms with Gasteiger partial charge >= 0.3 is 0 Å². The normalized spacial score (nSPS) is 13.7. The fourth-order valence-corrected chi connectivity index (χ4v) is 3.53. The van der Waals surface area contributed by atoms with Crippen LogP contribution in [0.4, 0.5) is 0 Å². The van der Waals surface area contributed by atoms with Gasteiger partial charge in [-0.25, -0.2) is 0 Å². The van der Waals surface area contributed by atoms with Gasteiger partial charge in [0.25, 0.3) is 0 Å². The lowest BCUT2D eigenvalue weighted by molar-refractivity contribution is 0.464. The molecule has 0 atom stereocenters. The van der Waals surface area contributed by atoms with E-state index < -0.39 is 0 Å². The van der Waals surface area contributed by atoms with Crippen molar-refractivity contribution in [3.8, 4) is 5.75 Å². The van der Waals surface area contributed by atoms with E-state index in [1.165, 1.54) is 29.5 Å². The van der Waals surface area contributed by atoms with Gasteiger partial charge < -0.3 is 10.8 Å². The van der Waals surface area contributed by atoms with Gasteiger partial charge in [0, 0.05) is 17.7 Å². The van der Waals surface area contributed by atoms with Crippen molar-refractivity contribution in [2.24, 2.45) is 5.73 Å². The summed E-state index contributed by atoms with van der Waals surface area (Å²) in [6.07, 6.45) is 4.42. The van der Waals surface area contributed by atoms with Crippen LogP contribution in [0.15, 0.2) is 30.3 Å². The zero-order valence-electron chi connectivity index (χ0n) is 12.9. The highest BCUT2D eigenvalue weighted by Crippen LogP contribution is 2.35. The third kappa shape index (κ3) is 2.67. The highest BCUT2D eigenvalue weighted by atomic mass is 32.1. The van der Waals surface area contributed by atoms with Crippen LogP contribution in [-0.4, -0.2) is 9.97 Å². The summed E-state index contributed by atoms with van der Waals surface area (Å²) in [5.41, 5.74) is 12.2. The van der Waals surface area contributed by atoms with E-state index in [4.69, 9.17) is 18.0 Å². The Labute approximate surface area is 137 Å². The number of thiocarbonyl (C=S) groups is 1. The average molecular weight is 311 g/mol. The molecule has 22 heavy (non-hydrogen) atoms. The molecule has 2 nitrogen and oxygen atoms in total. The highest BCUT2D eigenvalue weighted by molar-refractivity contribution is 7.81. The van der Waals surface area contributed by atoms with Crippen molar-refractivity contribution in [1.29, 1.82) is 0 Å².